The number of amides is 2. The summed E-state index contributed by atoms with van der Waals surface area (Å²) >= 11 is 5.86. The molecule has 1 atom stereocenters. The summed E-state index contributed by atoms with van der Waals surface area (Å²) in [5, 5.41) is 18.7. The molecule has 186 valence electrons. The van der Waals surface area contributed by atoms with Crippen molar-refractivity contribution in [2.45, 2.75) is 26.1 Å². The number of anilines is 2. The Morgan fingerprint density at radius 1 is 1.23 bits per heavy atom. The fraction of sp³-hybridized carbons (Fsp3) is 0.211. The van der Waals surface area contributed by atoms with Crippen LogP contribution in [0, 0.1) is 18.7 Å². The lowest BCUT2D eigenvalue weighted by molar-refractivity contribution is -0.189. The molecule has 2 heterocycles. The predicted octanol–water partition coefficient (Wildman–Crippen LogP) is 4.78. The summed E-state index contributed by atoms with van der Waals surface area (Å²) in [4.78, 5) is 30.4. The Labute approximate surface area is 197 Å². The molecule has 2 aromatic heterocycles. The van der Waals surface area contributed by atoms with Crippen LogP contribution in [-0.4, -0.2) is 49.6 Å². The minimum absolute atomic E-state index is 0.00441. The summed E-state index contributed by atoms with van der Waals surface area (Å²) < 4.78 is 73.0. The molecule has 3 aromatic rings. The summed E-state index contributed by atoms with van der Waals surface area (Å²) in [7, 11) is 0. The second-order valence-corrected chi connectivity index (χ2v) is 7.28. The minimum Gasteiger partial charge on any atom is -0.480 e. The smallest absolute Gasteiger partial charge is 0.425 e. The van der Waals surface area contributed by atoms with Crippen molar-refractivity contribution in [3.63, 3.8) is 0 Å². The number of alkyl halides is 3. The lowest BCUT2D eigenvalue weighted by Crippen LogP contribution is -2.32. The number of H-pyrrole nitrogens is 1. The molecule has 4 N–H and O–H groups in total. The van der Waals surface area contributed by atoms with Gasteiger partial charge in [-0.15, -0.1) is 0 Å². The molecule has 0 saturated heterocycles. The molecule has 3 rings (SSSR count). The minimum atomic E-state index is -4.85. The van der Waals surface area contributed by atoms with E-state index in [2.05, 4.69) is 25.5 Å². The van der Waals surface area contributed by atoms with Gasteiger partial charge in [0.25, 0.3) is 11.9 Å². The molecule has 0 radical (unpaired) electrons. The quantitative estimate of drug-likeness (QED) is 0.343. The number of nitrogens with one attached hydrogen (secondary N) is 3. The van der Waals surface area contributed by atoms with E-state index >= 15 is 0 Å². The first-order valence-electron chi connectivity index (χ1n) is 9.39. The Kier molecular flexibility index (Phi) is 7.09. The number of ether oxygens (including phenoxy) is 1. The van der Waals surface area contributed by atoms with Gasteiger partial charge in [-0.2, -0.15) is 22.7 Å². The number of aromatic nitrogens is 4. The van der Waals surface area contributed by atoms with Crippen LogP contribution >= 0.6 is 11.6 Å². The van der Waals surface area contributed by atoms with Crippen LogP contribution in [0.3, 0.4) is 0 Å². The Hall–Kier alpha value is -4.01. The molecule has 0 bridgehead atoms. The van der Waals surface area contributed by atoms with Gasteiger partial charge in [-0.1, -0.05) is 11.6 Å². The molecule has 0 spiro atoms. The highest BCUT2D eigenvalue weighted by Gasteiger charge is 2.39. The van der Waals surface area contributed by atoms with Gasteiger partial charge in [-0.25, -0.2) is 19.2 Å². The van der Waals surface area contributed by atoms with Crippen molar-refractivity contribution in [1.82, 2.24) is 20.2 Å². The van der Waals surface area contributed by atoms with Crippen molar-refractivity contribution < 1.29 is 41.4 Å². The van der Waals surface area contributed by atoms with E-state index in [9.17, 15) is 31.5 Å². The largest absolute Gasteiger partial charge is 0.480 e. The maximum absolute atomic E-state index is 15.0. The summed E-state index contributed by atoms with van der Waals surface area (Å²) in [5.74, 6) is -5.18. The molecule has 0 aliphatic carbocycles. The number of nitrogens with zero attached hydrogens (tertiary/aromatic N) is 3. The number of carbonyl (C=O) groups excluding carboxylic acids is 1. The second kappa shape index (κ2) is 9.69. The Morgan fingerprint density at radius 2 is 1.91 bits per heavy atom. The van der Waals surface area contributed by atoms with E-state index in [-0.39, 0.29) is 10.8 Å². The standard InChI is InChI=1S/C19H14ClF5N6O4/c1-6-13(14(20)31-30-6)28-17(32)9-3-10(21)8(4-12(9)35-7(2)19(23,24)25)11-5-26-15(22)16(27-11)29-18(33)34/h3-5,7H,1-2H3,(H,27,29)(H,28,32)(H,30,31)(H,33,34). The van der Waals surface area contributed by atoms with E-state index in [1.807, 2.05) is 0 Å². The zero-order valence-electron chi connectivity index (χ0n) is 17.6. The van der Waals surface area contributed by atoms with Crippen molar-refractivity contribution in [3.8, 4) is 17.0 Å². The molecule has 0 aliphatic heterocycles. The van der Waals surface area contributed by atoms with Crippen LogP contribution in [0.5, 0.6) is 5.75 Å². The summed E-state index contributed by atoms with van der Waals surface area (Å²) in [6, 6.07) is 1.30. The van der Waals surface area contributed by atoms with E-state index in [1.165, 1.54) is 6.92 Å². The maximum Gasteiger partial charge on any atom is 0.425 e. The molecule has 10 nitrogen and oxygen atoms in total. The van der Waals surface area contributed by atoms with E-state index < -0.39 is 64.4 Å². The third kappa shape index (κ3) is 5.74. The second-order valence-electron chi connectivity index (χ2n) is 6.92. The molecule has 16 heteroatoms. The summed E-state index contributed by atoms with van der Waals surface area (Å²) in [6.07, 6.45) is -8.25. The molecule has 0 fully saturated rings. The molecule has 0 saturated carbocycles. The van der Waals surface area contributed by atoms with Crippen molar-refractivity contribution in [2.24, 2.45) is 0 Å². The van der Waals surface area contributed by atoms with E-state index in [0.29, 0.717) is 24.9 Å². The molecule has 0 aliphatic rings. The number of rotatable bonds is 6. The Morgan fingerprint density at radius 3 is 2.49 bits per heavy atom. The number of hydrogen-bond acceptors (Lipinski definition) is 6. The number of hydrogen-bond donors (Lipinski definition) is 4. The lowest BCUT2D eigenvalue weighted by atomic mass is 10.1. The van der Waals surface area contributed by atoms with Crippen molar-refractivity contribution in [2.75, 3.05) is 10.6 Å². The normalized spacial score (nSPS) is 12.2. The van der Waals surface area contributed by atoms with E-state index in [4.69, 9.17) is 21.4 Å². The Bertz CT molecular complexity index is 1280. The van der Waals surface area contributed by atoms with Crippen LogP contribution < -0.4 is 15.4 Å². The fourth-order valence-electron chi connectivity index (χ4n) is 2.69. The van der Waals surface area contributed by atoms with Crippen LogP contribution in [0.2, 0.25) is 5.15 Å². The number of benzene rings is 1. The van der Waals surface area contributed by atoms with Crippen LogP contribution in [0.15, 0.2) is 18.3 Å². The highest BCUT2D eigenvalue weighted by Crippen LogP contribution is 2.34. The van der Waals surface area contributed by atoms with Gasteiger partial charge in [-0.3, -0.25) is 15.2 Å². The average Bonchev–Trinajstić information content (AvgIpc) is 3.07. The van der Waals surface area contributed by atoms with Crippen molar-refractivity contribution in [3.05, 3.63) is 46.5 Å². The van der Waals surface area contributed by atoms with Crippen LogP contribution in [-0.2, 0) is 0 Å². The lowest BCUT2D eigenvalue weighted by Gasteiger charge is -2.20. The number of aryl methyl sites for hydroxylation is 1. The number of aromatic amines is 1. The topological polar surface area (TPSA) is 142 Å². The first kappa shape index (κ1) is 25.6. The number of carboxylic acid groups (broad SMARTS) is 1. The third-order valence-corrected chi connectivity index (χ3v) is 4.72. The molecule has 35 heavy (non-hydrogen) atoms. The molecular weight excluding hydrogens is 507 g/mol. The van der Waals surface area contributed by atoms with Crippen LogP contribution in [0.4, 0.5) is 38.3 Å². The fourth-order valence-corrected chi connectivity index (χ4v) is 2.92. The predicted molar refractivity (Wildman–Crippen MR) is 111 cm³/mol. The molecular formula is C19H14ClF5N6O4. The van der Waals surface area contributed by atoms with Gasteiger partial charge < -0.3 is 15.2 Å². The third-order valence-electron chi connectivity index (χ3n) is 4.45. The van der Waals surface area contributed by atoms with Gasteiger partial charge in [0.1, 0.15) is 17.3 Å². The highest BCUT2D eigenvalue weighted by atomic mass is 35.5. The average molecular weight is 521 g/mol. The highest BCUT2D eigenvalue weighted by molar-refractivity contribution is 6.33. The summed E-state index contributed by atoms with van der Waals surface area (Å²) in [5.41, 5.74) is -1.34. The SMILES string of the molecule is Cc1[nH]nc(Cl)c1NC(=O)c1cc(F)c(-c2cnc(F)c(NC(=O)O)n2)cc1OC(C)C(F)(F)F. The van der Waals surface area contributed by atoms with Gasteiger partial charge in [0.2, 0.25) is 0 Å². The first-order chi connectivity index (χ1) is 16.3. The van der Waals surface area contributed by atoms with Gasteiger partial charge in [0, 0.05) is 5.56 Å². The monoisotopic (exact) mass is 520 g/mol. The van der Waals surface area contributed by atoms with Gasteiger partial charge in [0.15, 0.2) is 17.1 Å². The van der Waals surface area contributed by atoms with E-state index in [0.717, 1.165) is 6.07 Å². The summed E-state index contributed by atoms with van der Waals surface area (Å²) in [6.45, 7) is 2.16. The van der Waals surface area contributed by atoms with Crippen LogP contribution in [0.25, 0.3) is 11.3 Å². The van der Waals surface area contributed by atoms with Gasteiger partial charge in [0.05, 0.1) is 23.1 Å². The van der Waals surface area contributed by atoms with E-state index in [1.54, 1.807) is 5.32 Å². The van der Waals surface area contributed by atoms with Crippen molar-refractivity contribution in [1.29, 1.82) is 0 Å². The molecule has 2 amide bonds. The Balaban J connectivity index is 2.11. The van der Waals surface area contributed by atoms with Gasteiger partial charge >= 0.3 is 12.3 Å². The first-order valence-corrected chi connectivity index (χ1v) is 9.77. The number of carbonyl (C=O) groups is 2. The van der Waals surface area contributed by atoms with Crippen LogP contribution in [0.1, 0.15) is 23.0 Å². The number of halogens is 6. The zero-order valence-corrected chi connectivity index (χ0v) is 18.3. The maximum atomic E-state index is 15.0. The van der Waals surface area contributed by atoms with Crippen molar-refractivity contribution >= 4 is 35.1 Å². The van der Waals surface area contributed by atoms with Gasteiger partial charge in [-0.05, 0) is 26.0 Å². The molecule has 1 aromatic carbocycles. The molecule has 1 unspecified atom stereocenters. The zero-order chi connectivity index (χ0) is 26.1.